The lowest BCUT2D eigenvalue weighted by molar-refractivity contribution is -0.148. The molecule has 7 heteroatoms. The second-order valence-corrected chi connectivity index (χ2v) is 9.82. The number of nitrogens with one attached hydrogen (secondary N) is 1. The Morgan fingerprint density at radius 1 is 1.00 bits per heavy atom. The maximum Gasteiger partial charge on any atom is 0.308 e. The van der Waals surface area contributed by atoms with Crippen molar-refractivity contribution in [1.29, 1.82) is 5.26 Å². The summed E-state index contributed by atoms with van der Waals surface area (Å²) in [5.41, 5.74) is 2.60. The average molecular weight is 486 g/mol. The SMILES string of the molecule is CC(=O)C(NC(=O)C(CC(=O)OCc1ccccc1)n1ccc(-c2ccc(C#N)cc2)c1)C(C)(C)C. The van der Waals surface area contributed by atoms with E-state index in [2.05, 4.69) is 11.4 Å². The second-order valence-electron chi connectivity index (χ2n) is 9.82. The molecule has 3 aromatic rings. The molecule has 0 aliphatic heterocycles. The summed E-state index contributed by atoms with van der Waals surface area (Å²) in [6, 6.07) is 18.7. The first kappa shape index (κ1) is 26.4. The highest BCUT2D eigenvalue weighted by Gasteiger charge is 2.33. The number of hydrogen-bond donors (Lipinski definition) is 1. The van der Waals surface area contributed by atoms with E-state index in [1.165, 1.54) is 6.92 Å². The number of carbonyl (C=O) groups excluding carboxylic acids is 3. The fourth-order valence-corrected chi connectivity index (χ4v) is 3.97. The number of hydrogen-bond acceptors (Lipinski definition) is 5. The van der Waals surface area contributed by atoms with Gasteiger partial charge in [-0.05, 0) is 47.2 Å². The van der Waals surface area contributed by atoms with Gasteiger partial charge in [0.05, 0.1) is 24.1 Å². The first-order valence-corrected chi connectivity index (χ1v) is 11.8. The maximum atomic E-state index is 13.4. The Hall–Kier alpha value is -4.18. The van der Waals surface area contributed by atoms with Crippen molar-refractivity contribution in [3.8, 4) is 17.2 Å². The monoisotopic (exact) mass is 485 g/mol. The summed E-state index contributed by atoms with van der Waals surface area (Å²) in [6.45, 7) is 7.18. The first-order chi connectivity index (χ1) is 17.1. The largest absolute Gasteiger partial charge is 0.461 e. The highest BCUT2D eigenvalue weighted by Crippen LogP contribution is 2.26. The van der Waals surface area contributed by atoms with Crippen molar-refractivity contribution in [3.63, 3.8) is 0 Å². The standard InChI is InChI=1S/C29H31N3O4/c1-20(33)27(29(2,3)4)31-28(35)25(16-26(34)36-19-22-8-6-5-7-9-22)32-15-14-24(18-32)23-12-10-21(17-30)11-13-23/h5-15,18,25,27H,16,19H2,1-4H3,(H,31,35). The number of benzene rings is 2. The van der Waals surface area contributed by atoms with Crippen LogP contribution < -0.4 is 5.32 Å². The van der Waals surface area contributed by atoms with E-state index in [1.54, 1.807) is 29.1 Å². The van der Waals surface area contributed by atoms with Gasteiger partial charge < -0.3 is 14.6 Å². The Morgan fingerprint density at radius 2 is 1.67 bits per heavy atom. The van der Waals surface area contributed by atoms with E-state index < -0.39 is 29.4 Å². The number of aromatic nitrogens is 1. The third-order valence-corrected chi connectivity index (χ3v) is 5.89. The van der Waals surface area contributed by atoms with Gasteiger partial charge in [-0.15, -0.1) is 0 Å². The van der Waals surface area contributed by atoms with E-state index >= 15 is 0 Å². The van der Waals surface area contributed by atoms with Crippen LogP contribution in [0.15, 0.2) is 73.1 Å². The fraction of sp³-hybridized carbons (Fsp3) is 0.310. The van der Waals surface area contributed by atoms with Gasteiger partial charge in [0.1, 0.15) is 12.6 Å². The van der Waals surface area contributed by atoms with Gasteiger partial charge in [0.15, 0.2) is 5.78 Å². The Kier molecular flexibility index (Phi) is 8.44. The molecule has 2 unspecified atom stereocenters. The molecule has 2 atom stereocenters. The smallest absolute Gasteiger partial charge is 0.308 e. The van der Waals surface area contributed by atoms with Crippen LogP contribution in [0.1, 0.15) is 51.3 Å². The van der Waals surface area contributed by atoms with Gasteiger partial charge in [-0.25, -0.2) is 0 Å². The van der Waals surface area contributed by atoms with Gasteiger partial charge in [-0.1, -0.05) is 63.2 Å². The average Bonchev–Trinajstić information content (AvgIpc) is 3.34. The normalized spacial score (nSPS) is 12.8. The third kappa shape index (κ3) is 6.92. The van der Waals surface area contributed by atoms with Crippen LogP contribution in [0.4, 0.5) is 0 Å². The quantitative estimate of drug-likeness (QED) is 0.438. The Bertz CT molecular complexity index is 1250. The summed E-state index contributed by atoms with van der Waals surface area (Å²) in [4.78, 5) is 38.4. The summed E-state index contributed by atoms with van der Waals surface area (Å²) in [5, 5.41) is 11.9. The number of nitrogens with zero attached hydrogens (tertiary/aromatic N) is 2. The predicted octanol–water partition coefficient (Wildman–Crippen LogP) is 4.82. The van der Waals surface area contributed by atoms with E-state index in [1.807, 2.05) is 69.3 Å². The number of rotatable bonds is 9. The van der Waals surface area contributed by atoms with Crippen molar-refractivity contribution in [3.05, 3.63) is 84.2 Å². The number of carbonyl (C=O) groups is 3. The molecule has 186 valence electrons. The van der Waals surface area contributed by atoms with E-state index in [9.17, 15) is 14.4 Å². The third-order valence-electron chi connectivity index (χ3n) is 5.89. The summed E-state index contributed by atoms with van der Waals surface area (Å²) >= 11 is 0. The number of nitriles is 1. The Labute approximate surface area is 211 Å². The minimum Gasteiger partial charge on any atom is -0.461 e. The van der Waals surface area contributed by atoms with Gasteiger partial charge in [-0.2, -0.15) is 5.26 Å². The molecule has 0 radical (unpaired) electrons. The number of Topliss-reactive ketones (excluding diaryl/α,β-unsaturated/α-hetero) is 1. The van der Waals surface area contributed by atoms with Gasteiger partial charge >= 0.3 is 5.97 Å². The van der Waals surface area contributed by atoms with Crippen LogP contribution >= 0.6 is 0 Å². The molecule has 0 aliphatic carbocycles. The molecule has 0 bridgehead atoms. The summed E-state index contributed by atoms with van der Waals surface area (Å²) in [5.74, 6) is -1.13. The molecule has 3 rings (SSSR count). The van der Waals surface area contributed by atoms with Crippen molar-refractivity contribution < 1.29 is 19.1 Å². The minimum atomic E-state index is -0.912. The predicted molar refractivity (Wildman–Crippen MR) is 137 cm³/mol. The van der Waals surface area contributed by atoms with Crippen molar-refractivity contribution in [2.75, 3.05) is 0 Å². The van der Waals surface area contributed by atoms with Gasteiger partial charge in [0.2, 0.25) is 5.91 Å². The summed E-state index contributed by atoms with van der Waals surface area (Å²) in [6.07, 6.45) is 3.30. The molecule has 1 heterocycles. The highest BCUT2D eigenvalue weighted by atomic mass is 16.5. The van der Waals surface area contributed by atoms with Crippen molar-refractivity contribution in [1.82, 2.24) is 9.88 Å². The van der Waals surface area contributed by atoms with Crippen LogP contribution in [0.5, 0.6) is 0 Å². The van der Waals surface area contributed by atoms with Crippen LogP contribution in [0.3, 0.4) is 0 Å². The zero-order valence-corrected chi connectivity index (χ0v) is 21.0. The minimum absolute atomic E-state index is 0.105. The molecular weight excluding hydrogens is 454 g/mol. The number of amides is 1. The molecule has 0 saturated carbocycles. The zero-order chi connectivity index (χ0) is 26.3. The van der Waals surface area contributed by atoms with Crippen LogP contribution in [0.25, 0.3) is 11.1 Å². The van der Waals surface area contributed by atoms with Crippen LogP contribution in [0.2, 0.25) is 0 Å². The Balaban J connectivity index is 1.84. The lowest BCUT2D eigenvalue weighted by Crippen LogP contribution is -2.50. The molecule has 0 fully saturated rings. The van der Waals surface area contributed by atoms with Crippen LogP contribution in [-0.4, -0.2) is 28.3 Å². The maximum absolute atomic E-state index is 13.4. The van der Waals surface area contributed by atoms with Gasteiger partial charge in [-0.3, -0.25) is 14.4 Å². The van der Waals surface area contributed by atoms with Crippen molar-refractivity contribution in [2.24, 2.45) is 5.41 Å². The second kappa shape index (κ2) is 11.5. The molecule has 1 N–H and O–H groups in total. The molecule has 0 spiro atoms. The lowest BCUT2D eigenvalue weighted by atomic mass is 9.84. The van der Waals surface area contributed by atoms with Crippen molar-refractivity contribution in [2.45, 2.75) is 52.8 Å². The molecular formula is C29H31N3O4. The molecule has 7 nitrogen and oxygen atoms in total. The zero-order valence-electron chi connectivity index (χ0n) is 21.0. The van der Waals surface area contributed by atoms with Gasteiger partial charge in [0.25, 0.3) is 0 Å². The summed E-state index contributed by atoms with van der Waals surface area (Å²) < 4.78 is 7.10. The molecule has 0 aliphatic rings. The Morgan fingerprint density at radius 3 is 2.25 bits per heavy atom. The number of esters is 1. The topological polar surface area (TPSA) is 101 Å². The summed E-state index contributed by atoms with van der Waals surface area (Å²) in [7, 11) is 0. The van der Waals surface area contributed by atoms with E-state index in [4.69, 9.17) is 10.00 Å². The number of ether oxygens (including phenoxy) is 1. The van der Waals surface area contributed by atoms with Gasteiger partial charge in [0, 0.05) is 12.4 Å². The first-order valence-electron chi connectivity index (χ1n) is 11.8. The van der Waals surface area contributed by atoms with Crippen molar-refractivity contribution >= 4 is 17.7 Å². The molecule has 0 saturated heterocycles. The fourth-order valence-electron chi connectivity index (χ4n) is 3.97. The molecule has 1 aromatic heterocycles. The van der Waals surface area contributed by atoms with E-state index in [-0.39, 0.29) is 18.8 Å². The highest BCUT2D eigenvalue weighted by molar-refractivity contribution is 5.91. The molecule has 36 heavy (non-hydrogen) atoms. The van der Waals surface area contributed by atoms with Crippen LogP contribution in [0, 0.1) is 16.7 Å². The lowest BCUT2D eigenvalue weighted by Gasteiger charge is -2.31. The van der Waals surface area contributed by atoms with E-state index in [0.29, 0.717) is 5.56 Å². The molecule has 1 amide bonds. The van der Waals surface area contributed by atoms with E-state index in [0.717, 1.165) is 16.7 Å². The van der Waals surface area contributed by atoms with Crippen LogP contribution in [-0.2, 0) is 25.7 Å². The number of ketones is 1. The molecule has 2 aromatic carbocycles.